The van der Waals surface area contributed by atoms with Crippen molar-refractivity contribution in [1.29, 1.82) is 0 Å². The monoisotopic (exact) mass is 282 g/mol. The number of hydrogen-bond acceptors (Lipinski definition) is 3. The number of halogens is 1. The van der Waals surface area contributed by atoms with Crippen molar-refractivity contribution < 1.29 is 12.6 Å². The Morgan fingerprint density at radius 2 is 1.72 bits per heavy atom. The van der Waals surface area contributed by atoms with Crippen LogP contribution in [0, 0.1) is 0 Å². The molecule has 0 amide bonds. The molecule has 0 unspecified atom stereocenters. The molecular weight excluding hydrogens is 272 g/mol. The van der Waals surface area contributed by atoms with E-state index in [2.05, 4.69) is 0 Å². The van der Waals surface area contributed by atoms with Crippen LogP contribution in [0.3, 0.4) is 0 Å². The van der Waals surface area contributed by atoms with Crippen LogP contribution >= 0.6 is 11.6 Å². The largest absolute Gasteiger partial charge is 0.297 e. The maximum absolute atomic E-state index is 11.9. The van der Waals surface area contributed by atoms with Crippen molar-refractivity contribution >= 4 is 21.7 Å². The van der Waals surface area contributed by atoms with Crippen molar-refractivity contribution in [3.05, 3.63) is 65.2 Å². The first-order valence-corrected chi connectivity index (χ1v) is 7.05. The Labute approximate surface area is 111 Å². The molecule has 0 saturated heterocycles. The predicted molar refractivity (Wildman–Crippen MR) is 69.9 cm³/mol. The van der Waals surface area contributed by atoms with Gasteiger partial charge in [-0.2, -0.15) is 8.42 Å². The molecule has 0 fully saturated rings. The van der Waals surface area contributed by atoms with Crippen molar-refractivity contribution in [2.75, 3.05) is 0 Å². The van der Waals surface area contributed by atoms with Gasteiger partial charge in [-0.3, -0.25) is 4.18 Å². The number of hydrogen-bond donors (Lipinski definition) is 0. The molecule has 0 aromatic heterocycles. The summed E-state index contributed by atoms with van der Waals surface area (Å²) in [6.45, 7) is 0.00961. The molecule has 18 heavy (non-hydrogen) atoms. The third-order valence-corrected chi connectivity index (χ3v) is 3.80. The lowest BCUT2D eigenvalue weighted by Gasteiger charge is -2.05. The first kappa shape index (κ1) is 13.1. The second-order valence-electron chi connectivity index (χ2n) is 3.66. The van der Waals surface area contributed by atoms with Crippen LogP contribution in [-0.4, -0.2) is 8.42 Å². The third-order valence-electron chi connectivity index (χ3n) is 2.31. The van der Waals surface area contributed by atoms with E-state index in [1.54, 1.807) is 24.3 Å². The van der Waals surface area contributed by atoms with Gasteiger partial charge in [0.2, 0.25) is 0 Å². The molecule has 94 valence electrons. The fourth-order valence-electron chi connectivity index (χ4n) is 1.41. The molecule has 0 spiro atoms. The highest BCUT2D eigenvalue weighted by Gasteiger charge is 2.15. The first-order valence-electron chi connectivity index (χ1n) is 5.27. The SMILES string of the molecule is O=S(=O)(OCc1ccccc1)c1cccc(Cl)c1. The Morgan fingerprint density at radius 1 is 1.00 bits per heavy atom. The van der Waals surface area contributed by atoms with Crippen LogP contribution < -0.4 is 0 Å². The molecule has 0 saturated carbocycles. The maximum Gasteiger partial charge on any atom is 0.297 e. The van der Waals surface area contributed by atoms with Gasteiger partial charge >= 0.3 is 0 Å². The summed E-state index contributed by atoms with van der Waals surface area (Å²) in [4.78, 5) is 0.0610. The molecule has 0 radical (unpaired) electrons. The summed E-state index contributed by atoms with van der Waals surface area (Å²) in [7, 11) is -3.77. The Hall–Kier alpha value is -1.36. The lowest BCUT2D eigenvalue weighted by molar-refractivity contribution is 0.308. The van der Waals surface area contributed by atoms with Gasteiger partial charge in [0, 0.05) is 5.02 Å². The van der Waals surface area contributed by atoms with Crippen molar-refractivity contribution in [2.24, 2.45) is 0 Å². The van der Waals surface area contributed by atoms with Gasteiger partial charge in [-0.1, -0.05) is 48.0 Å². The minimum Gasteiger partial charge on any atom is -0.262 e. The summed E-state index contributed by atoms with van der Waals surface area (Å²) in [5.74, 6) is 0. The minimum atomic E-state index is -3.77. The number of benzene rings is 2. The lowest BCUT2D eigenvalue weighted by Crippen LogP contribution is -2.06. The van der Waals surface area contributed by atoms with E-state index in [4.69, 9.17) is 15.8 Å². The summed E-state index contributed by atoms with van der Waals surface area (Å²) >= 11 is 5.75. The van der Waals surface area contributed by atoms with Crippen LogP contribution in [0.5, 0.6) is 0 Å². The van der Waals surface area contributed by atoms with E-state index in [9.17, 15) is 8.42 Å². The predicted octanol–water partition coefficient (Wildman–Crippen LogP) is 3.25. The van der Waals surface area contributed by atoms with Crippen LogP contribution in [0.1, 0.15) is 5.56 Å². The molecule has 0 aliphatic heterocycles. The molecule has 5 heteroatoms. The van der Waals surface area contributed by atoms with E-state index in [1.807, 2.05) is 18.2 Å². The van der Waals surface area contributed by atoms with Crippen molar-refractivity contribution in [1.82, 2.24) is 0 Å². The van der Waals surface area contributed by atoms with E-state index in [0.29, 0.717) is 5.02 Å². The molecule has 0 bridgehead atoms. The molecule has 0 aliphatic carbocycles. The zero-order valence-corrected chi connectivity index (χ0v) is 11.0. The normalized spacial score (nSPS) is 11.4. The molecular formula is C13H11ClO3S. The van der Waals surface area contributed by atoms with Gasteiger partial charge in [0.1, 0.15) is 0 Å². The summed E-state index contributed by atoms with van der Waals surface area (Å²) in [6, 6.07) is 15.1. The van der Waals surface area contributed by atoms with E-state index in [0.717, 1.165) is 5.56 Å². The summed E-state index contributed by atoms with van der Waals surface area (Å²) < 4.78 is 28.7. The molecule has 2 aromatic carbocycles. The van der Waals surface area contributed by atoms with Crippen LogP contribution in [0.15, 0.2) is 59.5 Å². The van der Waals surface area contributed by atoms with Crippen LogP contribution in [-0.2, 0) is 20.9 Å². The highest BCUT2D eigenvalue weighted by atomic mass is 35.5. The highest BCUT2D eigenvalue weighted by molar-refractivity contribution is 7.86. The second kappa shape index (κ2) is 5.52. The van der Waals surface area contributed by atoms with Gasteiger partial charge in [-0.05, 0) is 23.8 Å². The highest BCUT2D eigenvalue weighted by Crippen LogP contribution is 2.18. The van der Waals surface area contributed by atoms with Crippen LogP contribution in [0.2, 0.25) is 5.02 Å². The molecule has 0 N–H and O–H groups in total. The zero-order valence-electron chi connectivity index (χ0n) is 9.41. The lowest BCUT2D eigenvalue weighted by atomic mass is 10.2. The van der Waals surface area contributed by atoms with Crippen LogP contribution in [0.4, 0.5) is 0 Å². The zero-order chi connectivity index (χ0) is 13.0. The molecule has 0 aliphatic rings. The van der Waals surface area contributed by atoms with Crippen molar-refractivity contribution in [2.45, 2.75) is 11.5 Å². The molecule has 2 aromatic rings. The molecule has 3 nitrogen and oxygen atoms in total. The first-order chi connectivity index (χ1) is 8.58. The Balaban J connectivity index is 2.13. The quantitative estimate of drug-likeness (QED) is 0.809. The molecule has 0 heterocycles. The smallest absolute Gasteiger partial charge is 0.262 e. The molecule has 2 rings (SSSR count). The summed E-state index contributed by atoms with van der Waals surface area (Å²) in [6.07, 6.45) is 0. The fourth-order valence-corrected chi connectivity index (χ4v) is 2.61. The second-order valence-corrected chi connectivity index (χ2v) is 5.71. The van der Waals surface area contributed by atoms with Gasteiger partial charge < -0.3 is 0 Å². The topological polar surface area (TPSA) is 43.4 Å². The fraction of sp³-hybridized carbons (Fsp3) is 0.0769. The standard InChI is InChI=1S/C13H11ClO3S/c14-12-7-4-8-13(9-12)18(15,16)17-10-11-5-2-1-3-6-11/h1-9H,10H2. The summed E-state index contributed by atoms with van der Waals surface area (Å²) in [5, 5.41) is 0.361. The maximum atomic E-state index is 11.9. The van der Waals surface area contributed by atoms with E-state index in [1.165, 1.54) is 12.1 Å². The Bertz CT molecular complexity index is 624. The van der Waals surface area contributed by atoms with Gasteiger partial charge in [-0.15, -0.1) is 0 Å². The van der Waals surface area contributed by atoms with Crippen LogP contribution in [0.25, 0.3) is 0 Å². The third kappa shape index (κ3) is 3.32. The van der Waals surface area contributed by atoms with Gasteiger partial charge in [0.15, 0.2) is 0 Å². The average Bonchev–Trinajstić information content (AvgIpc) is 2.38. The van der Waals surface area contributed by atoms with E-state index in [-0.39, 0.29) is 11.5 Å². The van der Waals surface area contributed by atoms with Crippen molar-refractivity contribution in [3.8, 4) is 0 Å². The average molecular weight is 283 g/mol. The van der Waals surface area contributed by atoms with Gasteiger partial charge in [0.05, 0.1) is 11.5 Å². The van der Waals surface area contributed by atoms with Gasteiger partial charge in [-0.25, -0.2) is 0 Å². The molecule has 0 atom stereocenters. The Morgan fingerprint density at radius 3 is 2.39 bits per heavy atom. The van der Waals surface area contributed by atoms with Crippen molar-refractivity contribution in [3.63, 3.8) is 0 Å². The van der Waals surface area contributed by atoms with E-state index >= 15 is 0 Å². The number of rotatable bonds is 4. The summed E-state index contributed by atoms with van der Waals surface area (Å²) in [5.41, 5.74) is 0.795. The van der Waals surface area contributed by atoms with E-state index < -0.39 is 10.1 Å². The van der Waals surface area contributed by atoms with Gasteiger partial charge in [0.25, 0.3) is 10.1 Å². The minimum absolute atomic E-state index is 0.00961. The Kier molecular flexibility index (Phi) is 4.01.